The molecule has 2 aliphatic heterocycles. The molecule has 2 aliphatic rings. The first-order valence-electron chi connectivity index (χ1n) is 8.84. The minimum atomic E-state index is -0.988. The molecule has 4 atom stereocenters. The van der Waals surface area contributed by atoms with E-state index in [1.165, 1.54) is 6.07 Å². The van der Waals surface area contributed by atoms with E-state index in [0.29, 0.717) is 34.1 Å². The van der Waals surface area contributed by atoms with Crippen molar-refractivity contribution in [3.05, 3.63) is 41.5 Å². The third-order valence-corrected chi connectivity index (χ3v) is 5.40. The van der Waals surface area contributed by atoms with E-state index in [2.05, 4.69) is 0 Å². The average Bonchev–Trinajstić information content (AvgIpc) is 3.32. The van der Waals surface area contributed by atoms with E-state index >= 15 is 0 Å². The van der Waals surface area contributed by atoms with Gasteiger partial charge in [-0.2, -0.15) is 0 Å². The van der Waals surface area contributed by atoms with Crippen molar-refractivity contribution in [2.75, 3.05) is 13.6 Å². The second-order valence-corrected chi connectivity index (χ2v) is 6.98. The third-order valence-electron chi connectivity index (χ3n) is 5.40. The number of aliphatic hydroxyl groups excluding tert-OH is 2. The maximum atomic E-state index is 10.8. The van der Waals surface area contributed by atoms with Crippen LogP contribution in [0.15, 0.2) is 30.3 Å². The molecule has 0 saturated carbocycles. The van der Waals surface area contributed by atoms with Crippen LogP contribution < -0.4 is 18.9 Å². The van der Waals surface area contributed by atoms with Gasteiger partial charge in [0.1, 0.15) is 5.75 Å². The van der Waals surface area contributed by atoms with E-state index in [4.69, 9.17) is 18.9 Å². The number of hydrogen-bond acceptors (Lipinski definition) is 7. The lowest BCUT2D eigenvalue weighted by atomic mass is 9.81. The van der Waals surface area contributed by atoms with Crippen LogP contribution >= 0.6 is 0 Å². The molecule has 2 aromatic rings. The van der Waals surface area contributed by atoms with Crippen LogP contribution in [0.1, 0.15) is 37.2 Å². The molecule has 0 fully saturated rings. The molecule has 3 N–H and O–H groups in total. The van der Waals surface area contributed by atoms with Gasteiger partial charge in [0, 0.05) is 11.6 Å². The topological polar surface area (TPSA) is 97.6 Å². The highest BCUT2D eigenvalue weighted by molar-refractivity contribution is 5.52. The number of fused-ring (bicyclic) bond motifs is 2. The smallest absolute Gasteiger partial charge is 0.231 e. The molecule has 7 nitrogen and oxygen atoms in total. The minimum Gasteiger partial charge on any atom is -0.507 e. The van der Waals surface area contributed by atoms with E-state index < -0.39 is 12.2 Å². The standard InChI is InChI=1S/C20H22O7/c1-10(19(22)12-3-4-15-16(5-12)25-8-24-15)11(2)20(23)13-6-17-18(7-14(13)21)27-9-26-17/h3-7,10-11,19-23H,8-9H2,1-2H3/t10-,11-,19-,20-/m0/s1. The molecule has 0 radical (unpaired) electrons. The van der Waals surface area contributed by atoms with E-state index in [9.17, 15) is 15.3 Å². The van der Waals surface area contributed by atoms with Crippen molar-refractivity contribution in [1.82, 2.24) is 0 Å². The van der Waals surface area contributed by atoms with Crippen molar-refractivity contribution in [3.8, 4) is 28.7 Å². The molecule has 0 aromatic heterocycles. The molecule has 0 spiro atoms. The fraction of sp³-hybridized carbons (Fsp3) is 0.400. The molecule has 2 heterocycles. The molecule has 27 heavy (non-hydrogen) atoms. The molecule has 4 rings (SSSR count). The van der Waals surface area contributed by atoms with Crippen molar-refractivity contribution in [1.29, 1.82) is 0 Å². The minimum absolute atomic E-state index is 0.0663. The van der Waals surface area contributed by atoms with Gasteiger partial charge in [-0.25, -0.2) is 0 Å². The van der Waals surface area contributed by atoms with Crippen LogP contribution in [-0.2, 0) is 0 Å². The van der Waals surface area contributed by atoms with Crippen LogP contribution in [0.5, 0.6) is 28.7 Å². The monoisotopic (exact) mass is 374 g/mol. The van der Waals surface area contributed by atoms with E-state index in [0.717, 1.165) is 0 Å². The molecule has 0 bridgehead atoms. The zero-order valence-electron chi connectivity index (χ0n) is 15.1. The van der Waals surface area contributed by atoms with Gasteiger partial charge in [-0.3, -0.25) is 0 Å². The number of phenols is 1. The van der Waals surface area contributed by atoms with Crippen LogP contribution in [0.2, 0.25) is 0 Å². The van der Waals surface area contributed by atoms with E-state index in [1.807, 2.05) is 13.8 Å². The van der Waals surface area contributed by atoms with Crippen LogP contribution in [0.3, 0.4) is 0 Å². The molecule has 2 aromatic carbocycles. The van der Waals surface area contributed by atoms with Crippen molar-refractivity contribution in [2.45, 2.75) is 26.1 Å². The molecule has 0 aliphatic carbocycles. The van der Waals surface area contributed by atoms with Gasteiger partial charge in [0.25, 0.3) is 0 Å². The summed E-state index contributed by atoms with van der Waals surface area (Å²) in [5.41, 5.74) is 1.03. The first kappa shape index (κ1) is 17.8. The predicted octanol–water partition coefficient (Wildman–Crippen LogP) is 2.89. The maximum absolute atomic E-state index is 10.8. The Morgan fingerprint density at radius 1 is 0.741 bits per heavy atom. The van der Waals surface area contributed by atoms with Crippen LogP contribution in [0.25, 0.3) is 0 Å². The lowest BCUT2D eigenvalue weighted by Gasteiger charge is -2.29. The molecule has 0 saturated heterocycles. The van der Waals surface area contributed by atoms with Gasteiger partial charge >= 0.3 is 0 Å². The molecular weight excluding hydrogens is 352 g/mol. The number of rotatable bonds is 5. The van der Waals surface area contributed by atoms with Crippen molar-refractivity contribution in [2.24, 2.45) is 11.8 Å². The summed E-state index contributed by atoms with van der Waals surface area (Å²) < 4.78 is 21.2. The van der Waals surface area contributed by atoms with Gasteiger partial charge in [-0.15, -0.1) is 0 Å². The first-order valence-corrected chi connectivity index (χ1v) is 8.84. The van der Waals surface area contributed by atoms with Gasteiger partial charge in [0.2, 0.25) is 13.6 Å². The fourth-order valence-electron chi connectivity index (χ4n) is 3.44. The number of benzene rings is 2. The highest BCUT2D eigenvalue weighted by atomic mass is 16.7. The predicted molar refractivity (Wildman–Crippen MR) is 95.0 cm³/mol. The Morgan fingerprint density at radius 2 is 1.30 bits per heavy atom. The van der Waals surface area contributed by atoms with Gasteiger partial charge < -0.3 is 34.3 Å². The van der Waals surface area contributed by atoms with E-state index in [1.54, 1.807) is 24.3 Å². The number of aliphatic hydroxyl groups is 2. The number of aromatic hydroxyl groups is 1. The highest BCUT2D eigenvalue weighted by Gasteiger charge is 2.32. The average molecular weight is 374 g/mol. The normalized spacial score (nSPS) is 18.8. The van der Waals surface area contributed by atoms with Crippen molar-refractivity contribution in [3.63, 3.8) is 0 Å². The highest BCUT2D eigenvalue weighted by Crippen LogP contribution is 2.44. The Labute approximate surface area is 156 Å². The molecule has 0 amide bonds. The molecule has 144 valence electrons. The second-order valence-electron chi connectivity index (χ2n) is 6.98. The molecule has 0 unspecified atom stereocenters. The summed E-state index contributed by atoms with van der Waals surface area (Å²) in [7, 11) is 0. The Hall–Kier alpha value is -2.64. The Bertz CT molecular complexity index is 850. The number of hydrogen-bond donors (Lipinski definition) is 3. The summed E-state index contributed by atoms with van der Waals surface area (Å²) >= 11 is 0. The fourth-order valence-corrected chi connectivity index (χ4v) is 3.44. The summed E-state index contributed by atoms with van der Waals surface area (Å²) in [5, 5.41) is 31.9. The zero-order valence-corrected chi connectivity index (χ0v) is 15.1. The second kappa shape index (κ2) is 6.83. The number of phenolic OH excluding ortho intramolecular Hbond substituents is 1. The summed E-state index contributed by atoms with van der Waals surface area (Å²) in [6.45, 7) is 3.94. The van der Waals surface area contributed by atoms with Gasteiger partial charge in [0.15, 0.2) is 23.0 Å². The summed E-state index contributed by atoms with van der Waals surface area (Å²) in [5.74, 6) is 1.46. The van der Waals surface area contributed by atoms with Crippen LogP contribution in [0, 0.1) is 11.8 Å². The third kappa shape index (κ3) is 3.13. The lowest BCUT2D eigenvalue weighted by Crippen LogP contribution is -2.23. The first-order chi connectivity index (χ1) is 13.0. The van der Waals surface area contributed by atoms with E-state index in [-0.39, 0.29) is 31.2 Å². The maximum Gasteiger partial charge on any atom is 0.231 e. The Morgan fingerprint density at radius 3 is 2.00 bits per heavy atom. The number of ether oxygens (including phenoxy) is 4. The SMILES string of the molecule is C[C@@H]([C@H](C)[C@H](O)c1cc2c(cc1O)OCO2)[C@H](O)c1ccc2c(c1)OCO2. The largest absolute Gasteiger partial charge is 0.507 e. The Balaban J connectivity index is 1.54. The molecule has 7 heteroatoms. The van der Waals surface area contributed by atoms with Crippen LogP contribution in [-0.4, -0.2) is 28.9 Å². The Kier molecular flexibility index (Phi) is 4.49. The quantitative estimate of drug-likeness (QED) is 0.740. The van der Waals surface area contributed by atoms with Crippen LogP contribution in [0.4, 0.5) is 0 Å². The summed E-state index contributed by atoms with van der Waals surface area (Å²) in [4.78, 5) is 0. The lowest BCUT2D eigenvalue weighted by molar-refractivity contribution is 0.0201. The zero-order chi connectivity index (χ0) is 19.1. The summed E-state index contributed by atoms with van der Waals surface area (Å²) in [6, 6.07) is 8.32. The van der Waals surface area contributed by atoms with Gasteiger partial charge in [-0.05, 0) is 35.6 Å². The van der Waals surface area contributed by atoms with Crippen molar-refractivity contribution < 1.29 is 34.3 Å². The summed E-state index contributed by atoms with van der Waals surface area (Å²) in [6.07, 6.45) is -1.81. The van der Waals surface area contributed by atoms with Gasteiger partial charge in [-0.1, -0.05) is 19.9 Å². The van der Waals surface area contributed by atoms with Crippen molar-refractivity contribution >= 4 is 0 Å². The van der Waals surface area contributed by atoms with Gasteiger partial charge in [0.05, 0.1) is 12.2 Å². The molecular formula is C20H22O7.